The molecule has 0 fully saturated rings. The molecule has 1 heterocycles. The lowest BCUT2D eigenvalue weighted by Gasteiger charge is -2.26. The van der Waals surface area contributed by atoms with Gasteiger partial charge in [-0.2, -0.15) is 0 Å². The fraction of sp³-hybridized carbons (Fsp3) is 0.692. The van der Waals surface area contributed by atoms with E-state index in [2.05, 4.69) is 5.16 Å². The SMILES string of the molecule is CCc1noc(C)c1C(=O)N(CCCO)C(C)C. The van der Waals surface area contributed by atoms with Gasteiger partial charge in [0.15, 0.2) is 0 Å². The van der Waals surface area contributed by atoms with Gasteiger partial charge in [-0.15, -0.1) is 0 Å². The molecule has 0 saturated heterocycles. The van der Waals surface area contributed by atoms with Crippen molar-refractivity contribution in [3.05, 3.63) is 17.0 Å². The second-order valence-electron chi connectivity index (χ2n) is 4.58. The number of aryl methyl sites for hydroxylation is 2. The number of hydrogen-bond acceptors (Lipinski definition) is 4. The van der Waals surface area contributed by atoms with Gasteiger partial charge in [0.25, 0.3) is 5.91 Å². The number of aromatic nitrogens is 1. The summed E-state index contributed by atoms with van der Waals surface area (Å²) in [5.41, 5.74) is 1.27. The summed E-state index contributed by atoms with van der Waals surface area (Å²) in [7, 11) is 0. The van der Waals surface area contributed by atoms with Crippen LogP contribution in [-0.2, 0) is 6.42 Å². The molecule has 0 aliphatic heterocycles. The standard InChI is InChI=1S/C13H22N2O3/c1-5-11-12(10(4)18-14-11)13(17)15(9(2)3)7-6-8-16/h9,16H,5-8H2,1-4H3. The molecule has 1 aromatic heterocycles. The molecular formula is C13H22N2O3. The van der Waals surface area contributed by atoms with Gasteiger partial charge in [0.2, 0.25) is 0 Å². The predicted molar refractivity (Wildman–Crippen MR) is 68.5 cm³/mol. The van der Waals surface area contributed by atoms with Gasteiger partial charge >= 0.3 is 0 Å². The van der Waals surface area contributed by atoms with Crippen molar-refractivity contribution in [1.29, 1.82) is 0 Å². The number of amides is 1. The summed E-state index contributed by atoms with van der Waals surface area (Å²) in [4.78, 5) is 14.2. The number of nitrogens with zero attached hydrogens (tertiary/aromatic N) is 2. The first-order valence-corrected chi connectivity index (χ1v) is 6.39. The van der Waals surface area contributed by atoms with Crippen molar-refractivity contribution in [1.82, 2.24) is 10.1 Å². The summed E-state index contributed by atoms with van der Waals surface area (Å²) in [6.45, 7) is 8.25. The van der Waals surface area contributed by atoms with E-state index in [1.54, 1.807) is 11.8 Å². The molecule has 1 rings (SSSR count). The van der Waals surface area contributed by atoms with Gasteiger partial charge in [-0.3, -0.25) is 4.79 Å². The van der Waals surface area contributed by atoms with Crippen LogP contribution in [0, 0.1) is 6.92 Å². The molecule has 18 heavy (non-hydrogen) atoms. The molecule has 5 nitrogen and oxygen atoms in total. The number of hydrogen-bond donors (Lipinski definition) is 1. The van der Waals surface area contributed by atoms with Crippen molar-refractivity contribution in [2.24, 2.45) is 0 Å². The van der Waals surface area contributed by atoms with E-state index >= 15 is 0 Å². The molecule has 0 atom stereocenters. The van der Waals surface area contributed by atoms with Gasteiger partial charge in [-0.1, -0.05) is 12.1 Å². The molecule has 1 aromatic rings. The van der Waals surface area contributed by atoms with Crippen LogP contribution >= 0.6 is 0 Å². The molecule has 0 spiro atoms. The van der Waals surface area contributed by atoms with Crippen molar-refractivity contribution < 1.29 is 14.4 Å². The van der Waals surface area contributed by atoms with E-state index < -0.39 is 0 Å². The monoisotopic (exact) mass is 254 g/mol. The normalized spacial score (nSPS) is 11.0. The zero-order valence-corrected chi connectivity index (χ0v) is 11.6. The fourth-order valence-electron chi connectivity index (χ4n) is 1.91. The van der Waals surface area contributed by atoms with Crippen molar-refractivity contribution in [2.45, 2.75) is 46.6 Å². The third-order valence-electron chi connectivity index (χ3n) is 2.92. The minimum Gasteiger partial charge on any atom is -0.396 e. The molecule has 0 aliphatic carbocycles. The summed E-state index contributed by atoms with van der Waals surface area (Å²) in [6, 6.07) is 0.0862. The highest BCUT2D eigenvalue weighted by Gasteiger charge is 2.25. The summed E-state index contributed by atoms with van der Waals surface area (Å²) in [5.74, 6) is 0.501. The Kier molecular flexibility index (Phi) is 5.34. The first-order valence-electron chi connectivity index (χ1n) is 6.39. The summed E-state index contributed by atoms with van der Waals surface area (Å²) in [6.07, 6.45) is 1.25. The van der Waals surface area contributed by atoms with Gasteiger partial charge in [-0.05, 0) is 33.6 Å². The lowest BCUT2D eigenvalue weighted by Crippen LogP contribution is -2.38. The van der Waals surface area contributed by atoms with Crippen LogP contribution in [0.1, 0.15) is 49.0 Å². The number of carbonyl (C=O) groups excluding carboxylic acids is 1. The largest absolute Gasteiger partial charge is 0.396 e. The molecule has 1 N–H and O–H groups in total. The van der Waals surface area contributed by atoms with Crippen LogP contribution in [-0.4, -0.2) is 40.3 Å². The van der Waals surface area contributed by atoms with Crippen LogP contribution in [0.3, 0.4) is 0 Å². The Hall–Kier alpha value is -1.36. The van der Waals surface area contributed by atoms with Crippen molar-refractivity contribution >= 4 is 5.91 Å². The Morgan fingerprint density at radius 2 is 2.17 bits per heavy atom. The first kappa shape index (κ1) is 14.7. The topological polar surface area (TPSA) is 66.6 Å². The predicted octanol–water partition coefficient (Wildman–Crippen LogP) is 1.78. The smallest absolute Gasteiger partial charge is 0.259 e. The maximum absolute atomic E-state index is 12.5. The molecule has 102 valence electrons. The fourth-order valence-corrected chi connectivity index (χ4v) is 1.91. The Morgan fingerprint density at radius 3 is 2.67 bits per heavy atom. The van der Waals surface area contributed by atoms with E-state index in [9.17, 15) is 4.79 Å². The van der Waals surface area contributed by atoms with Gasteiger partial charge in [0.1, 0.15) is 11.3 Å². The summed E-state index contributed by atoms with van der Waals surface area (Å²) < 4.78 is 5.10. The first-order chi connectivity index (χ1) is 8.52. The molecule has 0 bridgehead atoms. The zero-order chi connectivity index (χ0) is 13.7. The van der Waals surface area contributed by atoms with E-state index in [0.29, 0.717) is 36.4 Å². The highest BCUT2D eigenvalue weighted by Crippen LogP contribution is 2.18. The second-order valence-corrected chi connectivity index (χ2v) is 4.58. The quantitative estimate of drug-likeness (QED) is 0.840. The van der Waals surface area contributed by atoms with E-state index in [1.165, 1.54) is 0 Å². The minimum atomic E-state index is -0.0611. The third-order valence-corrected chi connectivity index (χ3v) is 2.92. The van der Waals surface area contributed by atoms with Crippen LogP contribution in [0.4, 0.5) is 0 Å². The Bertz CT molecular complexity index is 399. The molecule has 1 amide bonds. The third kappa shape index (κ3) is 3.10. The minimum absolute atomic E-state index is 0.0611. The van der Waals surface area contributed by atoms with Crippen LogP contribution < -0.4 is 0 Å². The summed E-state index contributed by atoms with van der Waals surface area (Å²) >= 11 is 0. The maximum atomic E-state index is 12.5. The lowest BCUT2D eigenvalue weighted by atomic mass is 10.1. The molecule has 0 saturated carbocycles. The molecule has 0 unspecified atom stereocenters. The Balaban J connectivity index is 2.97. The van der Waals surface area contributed by atoms with Crippen molar-refractivity contribution in [2.75, 3.05) is 13.2 Å². The van der Waals surface area contributed by atoms with E-state index in [-0.39, 0.29) is 18.6 Å². The van der Waals surface area contributed by atoms with E-state index in [4.69, 9.17) is 9.63 Å². The van der Waals surface area contributed by atoms with Crippen LogP contribution in [0.5, 0.6) is 0 Å². The molecule has 5 heteroatoms. The average Bonchev–Trinajstić information content (AvgIpc) is 2.70. The average molecular weight is 254 g/mol. The van der Waals surface area contributed by atoms with E-state index in [0.717, 1.165) is 0 Å². The number of carbonyl (C=O) groups is 1. The molecular weight excluding hydrogens is 232 g/mol. The van der Waals surface area contributed by atoms with Crippen molar-refractivity contribution in [3.8, 4) is 0 Å². The molecule has 0 radical (unpaired) electrons. The van der Waals surface area contributed by atoms with Gasteiger partial charge < -0.3 is 14.5 Å². The molecule has 0 aromatic carbocycles. The maximum Gasteiger partial charge on any atom is 0.259 e. The number of aliphatic hydroxyl groups excluding tert-OH is 1. The molecule has 0 aliphatic rings. The van der Waals surface area contributed by atoms with Gasteiger partial charge in [-0.25, -0.2) is 0 Å². The highest BCUT2D eigenvalue weighted by atomic mass is 16.5. The second kappa shape index (κ2) is 6.54. The lowest BCUT2D eigenvalue weighted by molar-refractivity contribution is 0.0690. The van der Waals surface area contributed by atoms with Crippen LogP contribution in [0.2, 0.25) is 0 Å². The van der Waals surface area contributed by atoms with Crippen LogP contribution in [0.15, 0.2) is 4.52 Å². The van der Waals surface area contributed by atoms with Gasteiger partial charge in [0, 0.05) is 19.2 Å². The summed E-state index contributed by atoms with van der Waals surface area (Å²) in [5, 5.41) is 12.8. The Labute approximate surface area is 108 Å². The van der Waals surface area contributed by atoms with Gasteiger partial charge in [0.05, 0.1) is 5.69 Å². The Morgan fingerprint density at radius 1 is 1.50 bits per heavy atom. The van der Waals surface area contributed by atoms with E-state index in [1.807, 2.05) is 20.8 Å². The number of rotatable bonds is 6. The zero-order valence-electron chi connectivity index (χ0n) is 11.6. The number of aliphatic hydroxyl groups is 1. The van der Waals surface area contributed by atoms with Crippen molar-refractivity contribution in [3.63, 3.8) is 0 Å². The van der Waals surface area contributed by atoms with Crippen LogP contribution in [0.25, 0.3) is 0 Å². The highest BCUT2D eigenvalue weighted by molar-refractivity contribution is 5.96.